The summed E-state index contributed by atoms with van der Waals surface area (Å²) >= 11 is 1.33. The lowest BCUT2D eigenvalue weighted by atomic mass is 10.00. The van der Waals surface area contributed by atoms with Crippen LogP contribution in [-0.4, -0.2) is 61.0 Å². The number of hydrogen-bond acceptors (Lipinski definition) is 7. The van der Waals surface area contributed by atoms with Gasteiger partial charge < -0.3 is 14.7 Å². The molecule has 0 radical (unpaired) electrons. The lowest BCUT2D eigenvalue weighted by Gasteiger charge is -2.11. The normalized spacial score (nSPS) is 14.0. The van der Waals surface area contributed by atoms with Crippen LogP contribution in [0.15, 0.2) is 15.5 Å². The smallest absolute Gasteiger partial charge is 0.274 e. The van der Waals surface area contributed by atoms with Crippen molar-refractivity contribution in [1.82, 2.24) is 15.4 Å². The van der Waals surface area contributed by atoms with Crippen molar-refractivity contribution in [3.05, 3.63) is 28.0 Å². The number of allylic oxidation sites excluding steroid dienone is 2. The number of rotatable bonds is 7. The molecular formula is C15H19N3O4S. The van der Waals surface area contributed by atoms with E-state index in [2.05, 4.69) is 15.4 Å². The van der Waals surface area contributed by atoms with E-state index in [0.717, 1.165) is 25.1 Å². The van der Waals surface area contributed by atoms with Gasteiger partial charge in [-0.2, -0.15) is 0 Å². The number of nitrogens with zero attached hydrogens (tertiary/aromatic N) is 2. The molecule has 0 bridgehead atoms. The largest absolute Gasteiger partial charge is 0.354 e. The standard InChI is InChI=1S/C15H19N3O4S/c1-16-15(21)12-11-13(20)10(8-9(19)14(11)22-17-12)23-7-5-4-6-18(2)3/h8H,4-7H2,1-3H3,(H,16,21). The first-order valence-corrected chi connectivity index (χ1v) is 8.24. The Bertz CT molecular complexity index is 664. The zero-order valence-corrected chi connectivity index (χ0v) is 14.2. The fourth-order valence-electron chi connectivity index (χ4n) is 2.14. The van der Waals surface area contributed by atoms with Crippen molar-refractivity contribution in [2.75, 3.05) is 33.4 Å². The van der Waals surface area contributed by atoms with Crippen LogP contribution in [0.25, 0.3) is 0 Å². The molecular weight excluding hydrogens is 318 g/mol. The Morgan fingerprint density at radius 3 is 2.74 bits per heavy atom. The molecule has 0 aromatic carbocycles. The fourth-order valence-corrected chi connectivity index (χ4v) is 3.13. The summed E-state index contributed by atoms with van der Waals surface area (Å²) in [6.45, 7) is 0.975. The number of amides is 1. The van der Waals surface area contributed by atoms with Gasteiger partial charge in [0.2, 0.25) is 17.3 Å². The molecule has 1 heterocycles. The molecule has 1 aliphatic rings. The van der Waals surface area contributed by atoms with Gasteiger partial charge in [-0.3, -0.25) is 14.4 Å². The molecule has 0 saturated carbocycles. The quantitative estimate of drug-likeness (QED) is 0.751. The molecule has 2 rings (SSSR count). The highest BCUT2D eigenvalue weighted by atomic mass is 32.2. The van der Waals surface area contributed by atoms with Crippen molar-refractivity contribution in [3.8, 4) is 0 Å². The summed E-state index contributed by atoms with van der Waals surface area (Å²) in [6, 6.07) is 0. The predicted octanol–water partition coefficient (Wildman–Crippen LogP) is 1.37. The maximum Gasteiger partial charge on any atom is 0.274 e. The molecule has 23 heavy (non-hydrogen) atoms. The molecule has 1 N–H and O–H groups in total. The van der Waals surface area contributed by atoms with Crippen LogP contribution < -0.4 is 5.32 Å². The van der Waals surface area contributed by atoms with Crippen LogP contribution in [0.4, 0.5) is 0 Å². The van der Waals surface area contributed by atoms with Gasteiger partial charge in [-0.1, -0.05) is 5.16 Å². The van der Waals surface area contributed by atoms with Crippen LogP contribution in [0.3, 0.4) is 0 Å². The highest BCUT2D eigenvalue weighted by Gasteiger charge is 2.35. The van der Waals surface area contributed by atoms with E-state index >= 15 is 0 Å². The molecule has 0 aliphatic heterocycles. The van der Waals surface area contributed by atoms with Gasteiger partial charge in [0.25, 0.3) is 5.91 Å². The Morgan fingerprint density at radius 2 is 2.09 bits per heavy atom. The first kappa shape index (κ1) is 17.4. The number of ketones is 2. The van der Waals surface area contributed by atoms with Crippen molar-refractivity contribution >= 4 is 29.2 Å². The van der Waals surface area contributed by atoms with Gasteiger partial charge >= 0.3 is 0 Å². The number of carbonyl (C=O) groups excluding carboxylic acids is 3. The molecule has 124 valence electrons. The average molecular weight is 337 g/mol. The average Bonchev–Trinajstić information content (AvgIpc) is 2.96. The topological polar surface area (TPSA) is 92.5 Å². The Balaban J connectivity index is 2.07. The van der Waals surface area contributed by atoms with Crippen LogP contribution in [0, 0.1) is 0 Å². The summed E-state index contributed by atoms with van der Waals surface area (Å²) in [6.07, 6.45) is 3.21. The number of unbranched alkanes of at least 4 members (excludes halogenated alkanes) is 1. The van der Waals surface area contributed by atoms with Gasteiger partial charge in [-0.15, -0.1) is 11.8 Å². The SMILES string of the molecule is CNC(=O)c1noc2c1C(=O)C(SCCCCN(C)C)=CC2=O. The van der Waals surface area contributed by atoms with Crippen LogP contribution in [0.1, 0.15) is 44.2 Å². The van der Waals surface area contributed by atoms with Crippen molar-refractivity contribution in [1.29, 1.82) is 0 Å². The Kier molecular flexibility index (Phi) is 5.73. The number of aromatic nitrogens is 1. The molecule has 7 nitrogen and oxygen atoms in total. The second-order valence-electron chi connectivity index (χ2n) is 5.38. The third-order valence-electron chi connectivity index (χ3n) is 3.33. The van der Waals surface area contributed by atoms with Crippen LogP contribution in [-0.2, 0) is 0 Å². The summed E-state index contributed by atoms with van der Waals surface area (Å²) in [5.74, 6) is -0.789. The molecule has 0 atom stereocenters. The molecule has 0 spiro atoms. The minimum atomic E-state index is -0.548. The zero-order valence-electron chi connectivity index (χ0n) is 13.3. The lowest BCUT2D eigenvalue weighted by molar-refractivity contribution is 0.0944. The molecule has 0 fully saturated rings. The van der Waals surface area contributed by atoms with Gasteiger partial charge in [0.1, 0.15) is 5.56 Å². The van der Waals surface area contributed by atoms with Gasteiger partial charge in [0.15, 0.2) is 5.69 Å². The molecule has 1 aliphatic carbocycles. The van der Waals surface area contributed by atoms with Crippen molar-refractivity contribution in [2.45, 2.75) is 12.8 Å². The second-order valence-corrected chi connectivity index (χ2v) is 6.51. The predicted molar refractivity (Wildman–Crippen MR) is 86.9 cm³/mol. The monoisotopic (exact) mass is 337 g/mol. The third kappa shape index (κ3) is 3.89. The van der Waals surface area contributed by atoms with Crippen molar-refractivity contribution < 1.29 is 18.9 Å². The minimum Gasteiger partial charge on any atom is -0.354 e. The molecule has 8 heteroatoms. The Labute approximate surface area is 138 Å². The number of carbonyl (C=O) groups is 3. The highest BCUT2D eigenvalue weighted by molar-refractivity contribution is 8.04. The molecule has 1 aromatic heterocycles. The molecule has 0 unspecified atom stereocenters. The van der Waals surface area contributed by atoms with E-state index in [1.807, 2.05) is 14.1 Å². The summed E-state index contributed by atoms with van der Waals surface area (Å²) < 4.78 is 4.87. The minimum absolute atomic E-state index is 0.0346. The maximum absolute atomic E-state index is 12.5. The summed E-state index contributed by atoms with van der Waals surface area (Å²) in [7, 11) is 5.44. The maximum atomic E-state index is 12.5. The van der Waals surface area contributed by atoms with Crippen LogP contribution in [0.5, 0.6) is 0 Å². The third-order valence-corrected chi connectivity index (χ3v) is 4.44. The van der Waals surface area contributed by atoms with Gasteiger partial charge in [0.05, 0.1) is 4.91 Å². The number of nitrogens with one attached hydrogen (secondary N) is 1. The first-order chi connectivity index (χ1) is 11.0. The second kappa shape index (κ2) is 7.56. The number of thioether (sulfide) groups is 1. The first-order valence-electron chi connectivity index (χ1n) is 7.25. The van der Waals surface area contributed by atoms with Crippen molar-refractivity contribution in [2.24, 2.45) is 0 Å². The number of hydrogen-bond donors (Lipinski definition) is 1. The van der Waals surface area contributed by atoms with E-state index in [-0.39, 0.29) is 22.8 Å². The van der Waals surface area contributed by atoms with Crippen molar-refractivity contribution in [3.63, 3.8) is 0 Å². The van der Waals surface area contributed by atoms with E-state index < -0.39 is 11.7 Å². The lowest BCUT2D eigenvalue weighted by Crippen LogP contribution is -2.23. The van der Waals surface area contributed by atoms with E-state index in [1.54, 1.807) is 0 Å². The summed E-state index contributed by atoms with van der Waals surface area (Å²) in [5, 5.41) is 5.94. The molecule has 0 saturated heterocycles. The zero-order chi connectivity index (χ0) is 17.0. The van der Waals surface area contributed by atoms with Gasteiger partial charge in [0, 0.05) is 13.1 Å². The van der Waals surface area contributed by atoms with E-state index in [4.69, 9.17) is 4.52 Å². The highest BCUT2D eigenvalue weighted by Crippen LogP contribution is 2.30. The van der Waals surface area contributed by atoms with Crippen LogP contribution >= 0.6 is 11.8 Å². The summed E-state index contributed by atoms with van der Waals surface area (Å²) in [5.41, 5.74) is -0.174. The number of fused-ring (bicyclic) bond motifs is 1. The van der Waals surface area contributed by atoms with Gasteiger partial charge in [-0.25, -0.2) is 0 Å². The Hall–Kier alpha value is -1.93. The summed E-state index contributed by atoms with van der Waals surface area (Å²) in [4.78, 5) is 38.7. The fraction of sp³-hybridized carbons (Fsp3) is 0.467. The van der Waals surface area contributed by atoms with Gasteiger partial charge in [-0.05, 0) is 39.2 Å². The molecule has 1 amide bonds. The van der Waals surface area contributed by atoms with E-state index in [9.17, 15) is 14.4 Å². The number of Topliss-reactive ketones (excluding diaryl/α,β-unsaturated/α-hetero) is 1. The van der Waals surface area contributed by atoms with E-state index in [1.165, 1.54) is 24.9 Å². The molecule has 1 aromatic rings. The van der Waals surface area contributed by atoms with Crippen LogP contribution in [0.2, 0.25) is 0 Å². The van der Waals surface area contributed by atoms with E-state index in [0.29, 0.717) is 4.91 Å². The Morgan fingerprint density at radius 1 is 1.35 bits per heavy atom.